The molecule has 10 heteroatoms. The van der Waals surface area contributed by atoms with E-state index in [2.05, 4.69) is 9.97 Å². The highest BCUT2D eigenvalue weighted by Gasteiger charge is 2.52. The molecule has 1 atom stereocenters. The Morgan fingerprint density at radius 1 is 1.18 bits per heavy atom. The van der Waals surface area contributed by atoms with Gasteiger partial charge in [-0.3, -0.25) is 4.79 Å². The van der Waals surface area contributed by atoms with Crippen molar-refractivity contribution in [2.24, 2.45) is 0 Å². The molecular weight excluding hydrogens is 381 g/mol. The summed E-state index contributed by atoms with van der Waals surface area (Å²) in [5.74, 6) is -0.264. The van der Waals surface area contributed by atoms with Gasteiger partial charge >= 0.3 is 7.12 Å². The maximum Gasteiger partial charge on any atom is 0.498 e. The number of carbonyl (C=O) groups is 1. The third kappa shape index (κ3) is 4.09. The molecular formula is C18H28BN3O5S. The van der Waals surface area contributed by atoms with Crippen LogP contribution >= 0.6 is 0 Å². The van der Waals surface area contributed by atoms with E-state index in [1.165, 1.54) is 19.3 Å². The monoisotopic (exact) mass is 409 g/mol. The first kappa shape index (κ1) is 21.2. The molecule has 0 N–H and O–H groups in total. The van der Waals surface area contributed by atoms with Crippen LogP contribution < -0.4 is 5.46 Å². The fourth-order valence-electron chi connectivity index (χ4n) is 3.50. The highest BCUT2D eigenvalue weighted by Crippen LogP contribution is 2.36. The summed E-state index contributed by atoms with van der Waals surface area (Å²) in [7, 11) is -4.36. The maximum atomic E-state index is 12.8. The second-order valence-electron chi connectivity index (χ2n) is 8.53. The van der Waals surface area contributed by atoms with Crippen molar-refractivity contribution in [2.45, 2.75) is 76.3 Å². The van der Waals surface area contributed by atoms with E-state index in [1.807, 2.05) is 27.7 Å². The lowest BCUT2D eigenvalue weighted by molar-refractivity contribution is -0.131. The summed E-state index contributed by atoms with van der Waals surface area (Å²) in [5.41, 5.74) is -0.431. The van der Waals surface area contributed by atoms with Gasteiger partial charge in [-0.1, -0.05) is 0 Å². The van der Waals surface area contributed by atoms with Crippen molar-refractivity contribution >= 4 is 28.3 Å². The van der Waals surface area contributed by atoms with Crippen molar-refractivity contribution in [1.29, 1.82) is 0 Å². The Balaban J connectivity index is 1.75. The predicted octanol–water partition coefficient (Wildman–Crippen LogP) is 0.951. The minimum Gasteiger partial charge on any atom is -0.399 e. The van der Waals surface area contributed by atoms with Crippen molar-refractivity contribution in [1.82, 2.24) is 14.9 Å². The molecule has 1 aromatic heterocycles. The largest absolute Gasteiger partial charge is 0.498 e. The van der Waals surface area contributed by atoms with Crippen LogP contribution in [-0.4, -0.2) is 65.9 Å². The van der Waals surface area contributed by atoms with E-state index in [0.29, 0.717) is 18.4 Å². The first-order chi connectivity index (χ1) is 12.9. The Kier molecular flexibility index (Phi) is 5.59. The Morgan fingerprint density at radius 2 is 1.75 bits per heavy atom. The van der Waals surface area contributed by atoms with E-state index in [4.69, 9.17) is 9.31 Å². The molecule has 3 rings (SSSR count). The van der Waals surface area contributed by atoms with Crippen molar-refractivity contribution in [3.05, 3.63) is 12.4 Å². The van der Waals surface area contributed by atoms with Crippen LogP contribution in [0.1, 0.15) is 53.9 Å². The molecule has 2 aliphatic rings. The molecule has 1 amide bonds. The van der Waals surface area contributed by atoms with Gasteiger partial charge in [0, 0.05) is 37.4 Å². The molecule has 1 aromatic rings. The molecule has 2 aliphatic heterocycles. The van der Waals surface area contributed by atoms with E-state index >= 15 is 0 Å². The zero-order valence-electron chi connectivity index (χ0n) is 17.1. The van der Waals surface area contributed by atoms with E-state index in [9.17, 15) is 13.2 Å². The standard InChI is InChI=1S/C18H28BN3O5S/c1-13(23)22-9-7-6-8-15(22)12-28(24,25)16-20-10-14(11-21-16)19-26-17(2,3)18(4,5)27-19/h10-11,15H,6-9,12H2,1-5H3. The van der Waals surface area contributed by atoms with Gasteiger partial charge in [-0.15, -0.1) is 0 Å². The third-order valence-electron chi connectivity index (χ3n) is 5.90. The minimum atomic E-state index is -3.71. The lowest BCUT2D eigenvalue weighted by atomic mass is 9.81. The van der Waals surface area contributed by atoms with Crippen LogP contribution in [0.5, 0.6) is 0 Å². The normalized spacial score (nSPS) is 24.4. The summed E-state index contributed by atoms with van der Waals surface area (Å²) in [6.07, 6.45) is 5.35. The summed E-state index contributed by atoms with van der Waals surface area (Å²) >= 11 is 0. The molecule has 0 spiro atoms. The first-order valence-corrected chi connectivity index (χ1v) is 11.3. The fourth-order valence-corrected chi connectivity index (χ4v) is 4.93. The number of sulfone groups is 1. The zero-order chi connectivity index (χ0) is 20.7. The van der Waals surface area contributed by atoms with Crippen molar-refractivity contribution in [3.8, 4) is 0 Å². The number of piperidine rings is 1. The fraction of sp³-hybridized carbons (Fsp3) is 0.722. The number of carbonyl (C=O) groups excluding carboxylic acids is 1. The van der Waals surface area contributed by atoms with Crippen LogP contribution in [0.4, 0.5) is 0 Å². The summed E-state index contributed by atoms with van der Waals surface area (Å²) in [4.78, 5) is 21.6. The molecule has 2 saturated heterocycles. The molecule has 3 heterocycles. The Morgan fingerprint density at radius 3 is 2.29 bits per heavy atom. The Hall–Kier alpha value is -1.52. The van der Waals surface area contributed by atoms with E-state index in [1.54, 1.807) is 4.90 Å². The molecule has 0 aromatic carbocycles. The van der Waals surface area contributed by atoms with E-state index in [-0.39, 0.29) is 22.9 Å². The first-order valence-electron chi connectivity index (χ1n) is 9.60. The van der Waals surface area contributed by atoms with Gasteiger partial charge < -0.3 is 14.2 Å². The Bertz CT molecular complexity index is 825. The van der Waals surface area contributed by atoms with Crippen molar-refractivity contribution in [2.75, 3.05) is 12.3 Å². The topological polar surface area (TPSA) is 98.7 Å². The smallest absolute Gasteiger partial charge is 0.399 e. The highest BCUT2D eigenvalue weighted by molar-refractivity contribution is 7.91. The van der Waals surface area contributed by atoms with Crippen LogP contribution in [0.15, 0.2) is 17.6 Å². The summed E-state index contributed by atoms with van der Waals surface area (Å²) in [5, 5.41) is -0.234. The molecule has 28 heavy (non-hydrogen) atoms. The lowest BCUT2D eigenvalue weighted by Crippen LogP contribution is -2.46. The number of nitrogens with zero attached hydrogens (tertiary/aromatic N) is 3. The van der Waals surface area contributed by atoms with E-state index < -0.39 is 28.2 Å². The SMILES string of the molecule is CC(=O)N1CCCCC1CS(=O)(=O)c1ncc(B2OC(C)(C)C(C)(C)O2)cn1. The van der Waals surface area contributed by atoms with Crippen LogP contribution in [-0.2, 0) is 23.9 Å². The predicted molar refractivity (Wildman–Crippen MR) is 105 cm³/mol. The number of amides is 1. The molecule has 0 bridgehead atoms. The van der Waals surface area contributed by atoms with Gasteiger partial charge in [-0.2, -0.15) is 0 Å². The molecule has 1 unspecified atom stereocenters. The molecule has 2 fully saturated rings. The molecule has 0 radical (unpaired) electrons. The van der Waals surface area contributed by atoms with Crippen LogP contribution in [0.3, 0.4) is 0 Å². The van der Waals surface area contributed by atoms with Gasteiger partial charge in [0.05, 0.1) is 17.0 Å². The van der Waals surface area contributed by atoms with Crippen LogP contribution in [0.25, 0.3) is 0 Å². The second kappa shape index (κ2) is 7.38. The minimum absolute atomic E-state index is 0.100. The second-order valence-corrected chi connectivity index (χ2v) is 10.5. The molecule has 0 aliphatic carbocycles. The molecule has 8 nitrogen and oxygen atoms in total. The summed E-state index contributed by atoms with van der Waals surface area (Å²) in [6, 6.07) is -0.331. The van der Waals surface area contributed by atoms with Gasteiger partial charge in [0.25, 0.3) is 0 Å². The summed E-state index contributed by atoms with van der Waals surface area (Å²) in [6.45, 7) is 9.84. The number of likely N-dealkylation sites (tertiary alicyclic amines) is 1. The quantitative estimate of drug-likeness (QED) is 0.539. The van der Waals surface area contributed by atoms with Crippen molar-refractivity contribution in [3.63, 3.8) is 0 Å². The van der Waals surface area contributed by atoms with Gasteiger partial charge in [0.15, 0.2) is 0 Å². The third-order valence-corrected chi connectivity index (χ3v) is 7.49. The summed E-state index contributed by atoms with van der Waals surface area (Å²) < 4.78 is 37.4. The van der Waals surface area contributed by atoms with Gasteiger partial charge in [0.1, 0.15) is 0 Å². The average Bonchev–Trinajstić information content (AvgIpc) is 2.83. The van der Waals surface area contributed by atoms with Gasteiger partial charge in [0.2, 0.25) is 20.9 Å². The van der Waals surface area contributed by atoms with E-state index in [0.717, 1.165) is 12.8 Å². The Labute approximate surface area is 167 Å². The number of hydrogen-bond donors (Lipinski definition) is 0. The number of hydrogen-bond acceptors (Lipinski definition) is 7. The molecule has 154 valence electrons. The van der Waals surface area contributed by atoms with Crippen molar-refractivity contribution < 1.29 is 22.5 Å². The highest BCUT2D eigenvalue weighted by atomic mass is 32.2. The van der Waals surface area contributed by atoms with Gasteiger partial charge in [-0.05, 0) is 47.0 Å². The van der Waals surface area contributed by atoms with Gasteiger partial charge in [-0.25, -0.2) is 18.4 Å². The maximum absolute atomic E-state index is 12.8. The zero-order valence-corrected chi connectivity index (χ0v) is 18.0. The average molecular weight is 409 g/mol. The molecule has 0 saturated carbocycles. The number of rotatable bonds is 4. The van der Waals surface area contributed by atoms with Crippen LogP contribution in [0.2, 0.25) is 0 Å². The lowest BCUT2D eigenvalue weighted by Gasteiger charge is -2.34. The van der Waals surface area contributed by atoms with Crippen LogP contribution in [0, 0.1) is 0 Å². The number of aromatic nitrogens is 2.